The van der Waals surface area contributed by atoms with Crippen molar-refractivity contribution in [2.24, 2.45) is 5.92 Å². The van der Waals surface area contributed by atoms with Gasteiger partial charge in [-0.3, -0.25) is 9.69 Å². The number of rotatable bonds is 6. The number of amides is 1. The number of benzene rings is 1. The molecule has 2 N–H and O–H groups in total. The highest BCUT2D eigenvalue weighted by atomic mass is 16.5. The summed E-state index contributed by atoms with van der Waals surface area (Å²) in [7, 11) is 0. The van der Waals surface area contributed by atoms with Crippen LogP contribution in [0.25, 0.3) is 0 Å². The van der Waals surface area contributed by atoms with Crippen LogP contribution in [0.2, 0.25) is 0 Å². The van der Waals surface area contributed by atoms with Gasteiger partial charge in [0, 0.05) is 31.1 Å². The van der Waals surface area contributed by atoms with Crippen LogP contribution in [-0.2, 0) is 0 Å². The van der Waals surface area contributed by atoms with Crippen LogP contribution < -0.4 is 5.32 Å². The van der Waals surface area contributed by atoms with E-state index in [0.717, 1.165) is 30.7 Å². The fourth-order valence-corrected chi connectivity index (χ4v) is 3.75. The molecule has 2 aliphatic rings. The summed E-state index contributed by atoms with van der Waals surface area (Å²) in [5.74, 6) is 1.38. The Bertz CT molecular complexity index is 757. The molecule has 4 rings (SSSR count). The monoisotopic (exact) mass is 355 g/mol. The lowest BCUT2D eigenvalue weighted by Gasteiger charge is -2.26. The molecule has 2 aromatic rings. The van der Waals surface area contributed by atoms with Crippen molar-refractivity contribution in [3.63, 3.8) is 0 Å². The molecule has 1 aromatic heterocycles. The largest absolute Gasteiger partial charge is 0.394 e. The van der Waals surface area contributed by atoms with E-state index in [0.29, 0.717) is 24.1 Å². The maximum Gasteiger partial charge on any atom is 0.273 e. The maximum absolute atomic E-state index is 12.5. The third-order valence-electron chi connectivity index (χ3n) is 5.50. The van der Waals surface area contributed by atoms with Crippen LogP contribution >= 0.6 is 0 Å². The molecule has 1 saturated heterocycles. The van der Waals surface area contributed by atoms with Gasteiger partial charge in [0.1, 0.15) is 5.76 Å². The number of nitrogens with zero attached hydrogens (tertiary/aromatic N) is 2. The molecule has 3 unspecified atom stereocenters. The zero-order valence-corrected chi connectivity index (χ0v) is 15.0. The molecular weight excluding hydrogens is 330 g/mol. The summed E-state index contributed by atoms with van der Waals surface area (Å²) in [5, 5.41) is 16.9. The summed E-state index contributed by atoms with van der Waals surface area (Å²) < 4.78 is 5.28. The van der Waals surface area contributed by atoms with Crippen LogP contribution in [0.1, 0.15) is 53.5 Å². The number of nitrogens with one attached hydrogen (secondary N) is 1. The molecular formula is C20H25N3O3. The lowest BCUT2D eigenvalue weighted by atomic mass is 10.1. The number of aliphatic hydroxyl groups excluding tert-OH is 1. The third-order valence-corrected chi connectivity index (χ3v) is 5.50. The molecule has 0 spiro atoms. The molecule has 0 bridgehead atoms. The summed E-state index contributed by atoms with van der Waals surface area (Å²) in [6, 6.07) is 11.8. The topological polar surface area (TPSA) is 78.6 Å². The van der Waals surface area contributed by atoms with E-state index in [4.69, 9.17) is 4.52 Å². The quantitative estimate of drug-likeness (QED) is 0.831. The predicted molar refractivity (Wildman–Crippen MR) is 96.7 cm³/mol. The summed E-state index contributed by atoms with van der Waals surface area (Å²) >= 11 is 0. The molecule has 6 nitrogen and oxygen atoms in total. The van der Waals surface area contributed by atoms with Gasteiger partial charge in [-0.25, -0.2) is 0 Å². The summed E-state index contributed by atoms with van der Waals surface area (Å²) in [5.41, 5.74) is 1.46. The molecule has 1 amide bonds. The number of carbonyl (C=O) groups excluding carboxylic acids is 1. The highest BCUT2D eigenvalue weighted by Crippen LogP contribution is 2.40. The van der Waals surface area contributed by atoms with Crippen molar-refractivity contribution in [3.8, 4) is 0 Å². The number of carbonyl (C=O) groups is 1. The van der Waals surface area contributed by atoms with Gasteiger partial charge in [-0.2, -0.15) is 0 Å². The third kappa shape index (κ3) is 3.52. The first-order valence-electron chi connectivity index (χ1n) is 9.33. The molecule has 1 saturated carbocycles. The summed E-state index contributed by atoms with van der Waals surface area (Å²) in [6.07, 6.45) is 2.24. The van der Waals surface area contributed by atoms with Crippen LogP contribution in [-0.4, -0.2) is 46.8 Å². The second kappa shape index (κ2) is 7.21. The average Bonchev–Trinajstić information content (AvgIpc) is 3.27. The van der Waals surface area contributed by atoms with E-state index in [1.165, 1.54) is 0 Å². The van der Waals surface area contributed by atoms with E-state index in [1.54, 1.807) is 6.07 Å². The molecule has 0 radical (unpaired) electrons. The van der Waals surface area contributed by atoms with E-state index in [1.807, 2.05) is 30.3 Å². The molecule has 1 aliphatic heterocycles. The number of hydrogen-bond donors (Lipinski definition) is 2. The lowest BCUT2D eigenvalue weighted by molar-refractivity contribution is 0.0919. The Morgan fingerprint density at radius 1 is 1.35 bits per heavy atom. The fourth-order valence-electron chi connectivity index (χ4n) is 3.75. The molecule has 138 valence electrons. The number of aliphatic hydroxyl groups is 1. The Labute approximate surface area is 153 Å². The van der Waals surface area contributed by atoms with Gasteiger partial charge in [-0.05, 0) is 24.3 Å². The molecule has 2 heterocycles. The van der Waals surface area contributed by atoms with Crippen LogP contribution in [0.3, 0.4) is 0 Å². The number of likely N-dealkylation sites (tertiary alicyclic amines) is 1. The Kier molecular flexibility index (Phi) is 4.78. The Morgan fingerprint density at radius 2 is 2.12 bits per heavy atom. The first-order valence-corrected chi connectivity index (χ1v) is 9.33. The normalized spacial score (nSPS) is 24.5. The van der Waals surface area contributed by atoms with Crippen molar-refractivity contribution in [3.05, 3.63) is 53.4 Å². The van der Waals surface area contributed by atoms with Gasteiger partial charge < -0.3 is 14.9 Å². The predicted octanol–water partition coefficient (Wildman–Crippen LogP) is 2.34. The second-order valence-corrected chi connectivity index (χ2v) is 7.51. The zero-order valence-electron chi connectivity index (χ0n) is 15.0. The van der Waals surface area contributed by atoms with Crippen molar-refractivity contribution >= 4 is 5.91 Å². The van der Waals surface area contributed by atoms with Gasteiger partial charge in [0.2, 0.25) is 0 Å². The highest BCUT2D eigenvalue weighted by molar-refractivity contribution is 5.92. The van der Waals surface area contributed by atoms with Crippen molar-refractivity contribution in [2.45, 2.75) is 37.8 Å². The van der Waals surface area contributed by atoms with Crippen molar-refractivity contribution in [1.29, 1.82) is 0 Å². The minimum absolute atomic E-state index is 0.0290. The minimum atomic E-state index is -0.181. The smallest absolute Gasteiger partial charge is 0.273 e. The average molecular weight is 355 g/mol. The molecule has 26 heavy (non-hydrogen) atoms. The first kappa shape index (κ1) is 17.2. The lowest BCUT2D eigenvalue weighted by Crippen LogP contribution is -2.40. The van der Waals surface area contributed by atoms with Crippen LogP contribution in [0.15, 0.2) is 40.9 Å². The summed E-state index contributed by atoms with van der Waals surface area (Å²) in [4.78, 5) is 14.8. The van der Waals surface area contributed by atoms with E-state index >= 15 is 0 Å². The van der Waals surface area contributed by atoms with Crippen LogP contribution in [0.5, 0.6) is 0 Å². The van der Waals surface area contributed by atoms with Crippen LogP contribution in [0, 0.1) is 5.92 Å². The van der Waals surface area contributed by atoms with Gasteiger partial charge in [0.05, 0.1) is 12.6 Å². The van der Waals surface area contributed by atoms with E-state index < -0.39 is 0 Å². The minimum Gasteiger partial charge on any atom is -0.394 e. The van der Waals surface area contributed by atoms with Crippen molar-refractivity contribution in [2.75, 3.05) is 19.7 Å². The van der Waals surface area contributed by atoms with Crippen LogP contribution in [0.4, 0.5) is 0 Å². The highest BCUT2D eigenvalue weighted by Gasteiger charge is 2.36. The molecule has 1 aromatic carbocycles. The number of hydrogen-bond acceptors (Lipinski definition) is 5. The van der Waals surface area contributed by atoms with Crippen molar-refractivity contribution < 1.29 is 14.4 Å². The Morgan fingerprint density at radius 3 is 2.81 bits per heavy atom. The van der Waals surface area contributed by atoms with E-state index in [-0.39, 0.29) is 24.6 Å². The van der Waals surface area contributed by atoms with Gasteiger partial charge in [-0.1, -0.05) is 42.4 Å². The maximum atomic E-state index is 12.5. The van der Waals surface area contributed by atoms with Gasteiger partial charge in [0.25, 0.3) is 5.91 Å². The number of aromatic nitrogens is 1. The zero-order chi connectivity index (χ0) is 18.1. The van der Waals surface area contributed by atoms with Crippen molar-refractivity contribution in [1.82, 2.24) is 15.4 Å². The summed E-state index contributed by atoms with van der Waals surface area (Å²) in [6.45, 7) is 3.73. The van der Waals surface area contributed by atoms with Gasteiger partial charge >= 0.3 is 0 Å². The SMILES string of the molecule is CC1CN(C(CO)c2ccccc2)CC1NC(=O)c1cc(C2CC2)on1. The van der Waals surface area contributed by atoms with Gasteiger partial charge in [0.15, 0.2) is 5.69 Å². The standard InChI is InChI=1S/C20H25N3O3/c1-13-10-23(18(12-24)14-5-3-2-4-6-14)11-17(13)21-20(25)16-9-19(26-22-16)15-7-8-15/h2-6,9,13,15,17-18,24H,7-8,10-12H2,1H3,(H,21,25). The molecule has 1 aliphatic carbocycles. The van der Waals surface area contributed by atoms with E-state index in [2.05, 4.69) is 22.3 Å². The molecule has 2 fully saturated rings. The molecule has 3 atom stereocenters. The van der Waals surface area contributed by atoms with Gasteiger partial charge in [-0.15, -0.1) is 0 Å². The Balaban J connectivity index is 1.40. The van der Waals surface area contributed by atoms with E-state index in [9.17, 15) is 9.90 Å². The second-order valence-electron chi connectivity index (χ2n) is 7.51. The molecule has 6 heteroatoms. The Hall–Kier alpha value is -2.18. The first-order chi connectivity index (χ1) is 12.7. The fraction of sp³-hybridized carbons (Fsp3) is 0.500.